The molecule has 0 saturated carbocycles. The fourth-order valence-electron chi connectivity index (χ4n) is 2.29. The first-order valence-electron chi connectivity index (χ1n) is 5.50. The van der Waals surface area contributed by atoms with Crippen molar-refractivity contribution < 1.29 is 5.11 Å². The van der Waals surface area contributed by atoms with Gasteiger partial charge in [0.2, 0.25) is 0 Å². The lowest BCUT2D eigenvalue weighted by atomic mass is 10.1. The first-order chi connectivity index (χ1) is 7.86. The maximum Gasteiger partial charge on any atom is 0.120 e. The third-order valence-electron chi connectivity index (χ3n) is 3.07. The molecule has 80 valence electrons. The summed E-state index contributed by atoms with van der Waals surface area (Å²) < 4.78 is 0. The predicted octanol–water partition coefficient (Wildman–Crippen LogP) is 3.09. The van der Waals surface area contributed by atoms with Crippen molar-refractivity contribution in [3.05, 3.63) is 54.1 Å². The molecule has 2 aromatic carbocycles. The van der Waals surface area contributed by atoms with E-state index in [1.54, 1.807) is 6.07 Å². The molecular formula is C14H13NO. The highest BCUT2D eigenvalue weighted by molar-refractivity contribution is 5.72. The van der Waals surface area contributed by atoms with E-state index in [2.05, 4.69) is 23.1 Å². The molecule has 0 aliphatic carbocycles. The van der Waals surface area contributed by atoms with Crippen LogP contribution in [-0.2, 0) is 6.42 Å². The quantitative estimate of drug-likeness (QED) is 0.783. The lowest BCUT2D eigenvalue weighted by Crippen LogP contribution is -2.12. The molecule has 0 bridgehead atoms. The summed E-state index contributed by atoms with van der Waals surface area (Å²) in [6.07, 6.45) is 0.914. The molecule has 2 aromatic rings. The second-order valence-electron chi connectivity index (χ2n) is 4.01. The Balaban J connectivity index is 2.07. The molecular weight excluding hydrogens is 198 g/mol. The Kier molecular flexibility index (Phi) is 2.07. The van der Waals surface area contributed by atoms with Gasteiger partial charge < -0.3 is 10.0 Å². The Morgan fingerprint density at radius 1 is 0.938 bits per heavy atom. The Bertz CT molecular complexity index is 507. The zero-order chi connectivity index (χ0) is 11.0. The van der Waals surface area contributed by atoms with Crippen LogP contribution in [0.5, 0.6) is 5.75 Å². The lowest BCUT2D eigenvalue weighted by molar-refractivity contribution is 0.470. The van der Waals surface area contributed by atoms with Gasteiger partial charge in [-0.25, -0.2) is 0 Å². The van der Waals surface area contributed by atoms with Crippen LogP contribution in [0.1, 0.15) is 5.56 Å². The van der Waals surface area contributed by atoms with Crippen molar-refractivity contribution in [2.75, 3.05) is 11.4 Å². The minimum atomic E-state index is 0.413. The molecule has 2 heteroatoms. The van der Waals surface area contributed by atoms with E-state index >= 15 is 0 Å². The van der Waals surface area contributed by atoms with Gasteiger partial charge in [-0.1, -0.05) is 24.3 Å². The van der Waals surface area contributed by atoms with E-state index < -0.39 is 0 Å². The summed E-state index contributed by atoms with van der Waals surface area (Å²) in [6, 6.07) is 16.0. The van der Waals surface area contributed by atoms with Crippen LogP contribution < -0.4 is 4.90 Å². The molecule has 0 radical (unpaired) electrons. The van der Waals surface area contributed by atoms with Crippen molar-refractivity contribution in [2.45, 2.75) is 6.42 Å². The molecule has 0 unspecified atom stereocenters. The Morgan fingerprint density at radius 3 is 2.56 bits per heavy atom. The number of para-hydroxylation sites is 1. The minimum Gasteiger partial charge on any atom is -0.508 e. The number of hydrogen-bond acceptors (Lipinski definition) is 2. The van der Waals surface area contributed by atoms with Gasteiger partial charge in [0, 0.05) is 23.5 Å². The van der Waals surface area contributed by atoms with Crippen LogP contribution in [0.3, 0.4) is 0 Å². The second-order valence-corrected chi connectivity index (χ2v) is 4.01. The number of hydrogen-bond donors (Lipinski definition) is 1. The maximum atomic E-state index is 9.77. The monoisotopic (exact) mass is 211 g/mol. The molecule has 1 aliphatic rings. The van der Waals surface area contributed by atoms with Crippen LogP contribution in [0.25, 0.3) is 0 Å². The zero-order valence-electron chi connectivity index (χ0n) is 8.93. The van der Waals surface area contributed by atoms with Crippen molar-refractivity contribution in [3.8, 4) is 5.75 Å². The van der Waals surface area contributed by atoms with Crippen LogP contribution in [0.15, 0.2) is 48.5 Å². The van der Waals surface area contributed by atoms with Gasteiger partial charge in [-0.2, -0.15) is 0 Å². The number of nitrogens with zero attached hydrogens (tertiary/aromatic N) is 1. The Morgan fingerprint density at radius 2 is 1.75 bits per heavy atom. The third kappa shape index (κ3) is 1.34. The maximum absolute atomic E-state index is 9.77. The van der Waals surface area contributed by atoms with Crippen molar-refractivity contribution in [3.63, 3.8) is 0 Å². The van der Waals surface area contributed by atoms with E-state index in [4.69, 9.17) is 0 Å². The normalized spacial score (nSPS) is 13.9. The SMILES string of the molecule is Oc1cccc2c1CCN2c1ccccc1. The molecule has 0 amide bonds. The molecule has 2 nitrogen and oxygen atoms in total. The van der Waals surface area contributed by atoms with E-state index in [0.717, 1.165) is 24.2 Å². The first-order valence-corrected chi connectivity index (χ1v) is 5.50. The number of phenols is 1. The summed E-state index contributed by atoms with van der Waals surface area (Å²) in [7, 11) is 0. The molecule has 0 saturated heterocycles. The van der Waals surface area contributed by atoms with Crippen molar-refractivity contribution >= 4 is 11.4 Å². The Labute approximate surface area is 94.8 Å². The standard InChI is InChI=1S/C14H13NO/c16-14-8-4-7-13-12(14)9-10-15(13)11-5-2-1-3-6-11/h1-8,16H,9-10H2. The molecule has 1 aliphatic heterocycles. The largest absolute Gasteiger partial charge is 0.508 e. The van der Waals surface area contributed by atoms with Gasteiger partial charge in [-0.3, -0.25) is 0 Å². The highest BCUT2D eigenvalue weighted by Gasteiger charge is 2.22. The molecule has 0 fully saturated rings. The van der Waals surface area contributed by atoms with E-state index in [1.807, 2.05) is 24.3 Å². The summed E-state index contributed by atoms with van der Waals surface area (Å²) in [6.45, 7) is 0.941. The number of benzene rings is 2. The number of rotatable bonds is 1. The van der Waals surface area contributed by atoms with E-state index in [9.17, 15) is 5.11 Å². The van der Waals surface area contributed by atoms with Crippen LogP contribution in [0.4, 0.5) is 11.4 Å². The van der Waals surface area contributed by atoms with Gasteiger partial charge in [0.05, 0.1) is 0 Å². The average Bonchev–Trinajstić information content (AvgIpc) is 2.75. The fourth-order valence-corrected chi connectivity index (χ4v) is 2.29. The lowest BCUT2D eigenvalue weighted by Gasteiger charge is -2.19. The number of anilines is 2. The molecule has 3 rings (SSSR count). The third-order valence-corrected chi connectivity index (χ3v) is 3.07. The second kappa shape index (κ2) is 3.56. The van der Waals surface area contributed by atoms with Gasteiger partial charge in [0.15, 0.2) is 0 Å². The molecule has 16 heavy (non-hydrogen) atoms. The Hall–Kier alpha value is -1.96. The van der Waals surface area contributed by atoms with Crippen molar-refractivity contribution in [1.82, 2.24) is 0 Å². The topological polar surface area (TPSA) is 23.5 Å². The average molecular weight is 211 g/mol. The van der Waals surface area contributed by atoms with Crippen molar-refractivity contribution in [1.29, 1.82) is 0 Å². The van der Waals surface area contributed by atoms with Crippen LogP contribution in [0.2, 0.25) is 0 Å². The number of aromatic hydroxyl groups is 1. The zero-order valence-corrected chi connectivity index (χ0v) is 8.93. The molecule has 0 aromatic heterocycles. The number of phenolic OH excluding ortho intramolecular Hbond substituents is 1. The molecule has 1 heterocycles. The van der Waals surface area contributed by atoms with Crippen LogP contribution in [-0.4, -0.2) is 11.7 Å². The summed E-state index contributed by atoms with van der Waals surface area (Å²) >= 11 is 0. The highest BCUT2D eigenvalue weighted by Crippen LogP contribution is 2.38. The van der Waals surface area contributed by atoms with Crippen LogP contribution >= 0.6 is 0 Å². The predicted molar refractivity (Wildman–Crippen MR) is 65.3 cm³/mol. The van der Waals surface area contributed by atoms with Gasteiger partial charge in [-0.15, -0.1) is 0 Å². The van der Waals surface area contributed by atoms with Gasteiger partial charge >= 0.3 is 0 Å². The van der Waals surface area contributed by atoms with Gasteiger partial charge in [0.1, 0.15) is 5.75 Å². The summed E-state index contributed by atoms with van der Waals surface area (Å²) in [5.74, 6) is 0.413. The molecule has 0 atom stereocenters. The van der Waals surface area contributed by atoms with E-state index in [-0.39, 0.29) is 0 Å². The van der Waals surface area contributed by atoms with Crippen molar-refractivity contribution in [2.24, 2.45) is 0 Å². The number of fused-ring (bicyclic) bond motifs is 1. The summed E-state index contributed by atoms with van der Waals surface area (Å²) in [5.41, 5.74) is 3.38. The van der Waals surface area contributed by atoms with Gasteiger partial charge in [-0.05, 0) is 30.7 Å². The summed E-state index contributed by atoms with van der Waals surface area (Å²) in [4.78, 5) is 2.25. The van der Waals surface area contributed by atoms with E-state index in [0.29, 0.717) is 5.75 Å². The summed E-state index contributed by atoms with van der Waals surface area (Å²) in [5, 5.41) is 9.77. The molecule has 0 spiro atoms. The van der Waals surface area contributed by atoms with E-state index in [1.165, 1.54) is 5.69 Å². The van der Waals surface area contributed by atoms with Gasteiger partial charge in [0.25, 0.3) is 0 Å². The fraction of sp³-hybridized carbons (Fsp3) is 0.143. The highest BCUT2D eigenvalue weighted by atomic mass is 16.3. The minimum absolute atomic E-state index is 0.413. The smallest absolute Gasteiger partial charge is 0.120 e. The van der Waals surface area contributed by atoms with Crippen LogP contribution in [0, 0.1) is 0 Å². The first kappa shape index (κ1) is 9.28. The molecule has 1 N–H and O–H groups in total.